The summed E-state index contributed by atoms with van der Waals surface area (Å²) in [6.07, 6.45) is 1.94. The lowest BCUT2D eigenvalue weighted by molar-refractivity contribution is 0.0925. The number of thioether (sulfide) groups is 1. The van der Waals surface area contributed by atoms with E-state index in [0.717, 1.165) is 16.0 Å². The summed E-state index contributed by atoms with van der Waals surface area (Å²) in [6.45, 7) is 3.77. The lowest BCUT2D eigenvalue weighted by atomic mass is 10.1. The van der Waals surface area contributed by atoms with Gasteiger partial charge in [-0.1, -0.05) is 24.3 Å². The van der Waals surface area contributed by atoms with Gasteiger partial charge in [0, 0.05) is 10.5 Å². The maximum Gasteiger partial charge on any atom is 0.266 e. The van der Waals surface area contributed by atoms with E-state index >= 15 is 0 Å². The number of benzene rings is 3. The van der Waals surface area contributed by atoms with E-state index in [2.05, 4.69) is 5.32 Å². The third kappa shape index (κ3) is 3.39. The number of imide groups is 1. The van der Waals surface area contributed by atoms with Gasteiger partial charge >= 0.3 is 0 Å². The standard InChI is InChI=1S/C24H20N2O3S/c1-14-8-9-15(2)20(12-14)26-23(28)17-11-10-16(13-18(17)24(26)29)22(27)25-19-6-4-5-7-21(19)30-3/h4-13H,1-3H3,(H,25,27). The Labute approximate surface area is 179 Å². The fraction of sp³-hybridized carbons (Fsp3) is 0.125. The third-order valence-electron chi connectivity index (χ3n) is 5.11. The number of fused-ring (bicyclic) bond motifs is 1. The zero-order valence-electron chi connectivity index (χ0n) is 16.9. The molecule has 0 aromatic heterocycles. The normalized spacial score (nSPS) is 12.8. The molecule has 0 saturated carbocycles. The Hall–Kier alpha value is -3.38. The van der Waals surface area contributed by atoms with Crippen molar-refractivity contribution < 1.29 is 14.4 Å². The van der Waals surface area contributed by atoms with Gasteiger partial charge in [-0.3, -0.25) is 14.4 Å². The molecule has 3 amide bonds. The highest BCUT2D eigenvalue weighted by atomic mass is 32.2. The van der Waals surface area contributed by atoms with Crippen molar-refractivity contribution in [2.75, 3.05) is 16.5 Å². The molecule has 0 spiro atoms. The molecule has 3 aromatic rings. The smallest absolute Gasteiger partial charge is 0.266 e. The number of hydrogen-bond acceptors (Lipinski definition) is 4. The molecule has 1 N–H and O–H groups in total. The molecule has 6 heteroatoms. The summed E-state index contributed by atoms with van der Waals surface area (Å²) < 4.78 is 0. The predicted octanol–water partition coefficient (Wildman–Crippen LogP) is 5.08. The first-order chi connectivity index (χ1) is 14.4. The van der Waals surface area contributed by atoms with E-state index in [1.807, 2.05) is 62.6 Å². The number of amides is 3. The topological polar surface area (TPSA) is 66.5 Å². The molecule has 1 aliphatic rings. The average Bonchev–Trinajstić information content (AvgIpc) is 3.00. The van der Waals surface area contributed by atoms with Crippen LogP contribution in [0, 0.1) is 13.8 Å². The molecular weight excluding hydrogens is 396 g/mol. The molecule has 1 heterocycles. The van der Waals surface area contributed by atoms with Gasteiger partial charge in [0.25, 0.3) is 17.7 Å². The summed E-state index contributed by atoms with van der Waals surface area (Å²) in [7, 11) is 0. The van der Waals surface area contributed by atoms with Crippen LogP contribution in [-0.4, -0.2) is 24.0 Å². The van der Waals surface area contributed by atoms with E-state index in [1.165, 1.54) is 22.7 Å². The van der Waals surface area contributed by atoms with Crippen LogP contribution >= 0.6 is 11.8 Å². The Morgan fingerprint density at radius 1 is 0.900 bits per heavy atom. The van der Waals surface area contributed by atoms with Gasteiger partial charge in [-0.15, -0.1) is 11.8 Å². The number of carbonyl (C=O) groups excluding carboxylic acids is 3. The number of anilines is 2. The third-order valence-corrected chi connectivity index (χ3v) is 5.91. The van der Waals surface area contributed by atoms with Gasteiger partial charge in [0.1, 0.15) is 0 Å². The van der Waals surface area contributed by atoms with Crippen LogP contribution in [0.2, 0.25) is 0 Å². The van der Waals surface area contributed by atoms with Crippen LogP contribution in [0.5, 0.6) is 0 Å². The molecule has 150 valence electrons. The molecule has 0 saturated heterocycles. The fourth-order valence-electron chi connectivity index (χ4n) is 3.50. The van der Waals surface area contributed by atoms with Gasteiger partial charge in [-0.05, 0) is 67.6 Å². The first-order valence-corrected chi connectivity index (χ1v) is 10.7. The lowest BCUT2D eigenvalue weighted by Crippen LogP contribution is -2.30. The highest BCUT2D eigenvalue weighted by Gasteiger charge is 2.37. The summed E-state index contributed by atoms with van der Waals surface area (Å²) in [5.74, 6) is -1.11. The van der Waals surface area contributed by atoms with Crippen LogP contribution in [0.25, 0.3) is 0 Å². The molecular formula is C24H20N2O3S. The first kappa shape index (κ1) is 19.9. The van der Waals surface area contributed by atoms with Crippen molar-refractivity contribution in [3.63, 3.8) is 0 Å². The number of nitrogens with one attached hydrogen (secondary N) is 1. The largest absolute Gasteiger partial charge is 0.321 e. The number of nitrogens with zero attached hydrogens (tertiary/aromatic N) is 1. The van der Waals surface area contributed by atoms with Gasteiger partial charge in [-0.2, -0.15) is 0 Å². The second-order valence-electron chi connectivity index (χ2n) is 7.15. The van der Waals surface area contributed by atoms with Crippen LogP contribution in [0.4, 0.5) is 11.4 Å². The SMILES string of the molecule is CSc1ccccc1NC(=O)c1ccc2c(c1)C(=O)N(c1cc(C)ccc1C)C2=O. The summed E-state index contributed by atoms with van der Waals surface area (Å²) in [4.78, 5) is 40.9. The minimum absolute atomic E-state index is 0.242. The molecule has 3 aromatic carbocycles. The van der Waals surface area contributed by atoms with Crippen molar-refractivity contribution >= 4 is 40.9 Å². The van der Waals surface area contributed by atoms with Crippen molar-refractivity contribution in [3.8, 4) is 0 Å². The van der Waals surface area contributed by atoms with Crippen LogP contribution in [-0.2, 0) is 0 Å². The molecule has 1 aliphatic heterocycles. The molecule has 0 bridgehead atoms. The van der Waals surface area contributed by atoms with Gasteiger partial charge < -0.3 is 5.32 Å². The summed E-state index contributed by atoms with van der Waals surface area (Å²) in [6, 6.07) is 17.8. The molecule has 30 heavy (non-hydrogen) atoms. The average molecular weight is 417 g/mol. The maximum atomic E-state index is 13.1. The van der Waals surface area contributed by atoms with Crippen LogP contribution < -0.4 is 10.2 Å². The van der Waals surface area contributed by atoms with Crippen molar-refractivity contribution in [2.45, 2.75) is 18.7 Å². The second-order valence-corrected chi connectivity index (χ2v) is 8.00. The maximum absolute atomic E-state index is 13.1. The molecule has 0 atom stereocenters. The summed E-state index contributed by atoms with van der Waals surface area (Å²) >= 11 is 1.53. The first-order valence-electron chi connectivity index (χ1n) is 9.45. The Morgan fingerprint density at radius 3 is 2.40 bits per heavy atom. The number of hydrogen-bond donors (Lipinski definition) is 1. The van der Waals surface area contributed by atoms with Crippen molar-refractivity contribution in [1.82, 2.24) is 0 Å². The Kier molecular flexibility index (Phi) is 5.18. The van der Waals surface area contributed by atoms with Crippen LogP contribution in [0.3, 0.4) is 0 Å². The molecule has 0 aliphatic carbocycles. The predicted molar refractivity (Wildman–Crippen MR) is 120 cm³/mol. The minimum Gasteiger partial charge on any atom is -0.321 e. The number of aryl methyl sites for hydroxylation is 2. The monoisotopic (exact) mass is 416 g/mol. The summed E-state index contributed by atoms with van der Waals surface area (Å²) in [5, 5.41) is 2.88. The van der Waals surface area contributed by atoms with E-state index in [0.29, 0.717) is 22.5 Å². The van der Waals surface area contributed by atoms with Crippen molar-refractivity contribution in [1.29, 1.82) is 0 Å². The molecule has 0 unspecified atom stereocenters. The van der Waals surface area contributed by atoms with Crippen molar-refractivity contribution in [3.05, 3.63) is 88.5 Å². The van der Waals surface area contributed by atoms with Gasteiger partial charge in [0.15, 0.2) is 0 Å². The zero-order valence-corrected chi connectivity index (χ0v) is 17.7. The number of carbonyl (C=O) groups is 3. The van der Waals surface area contributed by atoms with Crippen molar-refractivity contribution in [2.24, 2.45) is 0 Å². The van der Waals surface area contributed by atoms with E-state index in [-0.39, 0.29) is 17.4 Å². The quantitative estimate of drug-likeness (QED) is 0.476. The number of rotatable bonds is 4. The Morgan fingerprint density at radius 2 is 1.63 bits per heavy atom. The second kappa shape index (κ2) is 7.80. The Bertz CT molecular complexity index is 1200. The Balaban J connectivity index is 1.66. The van der Waals surface area contributed by atoms with Crippen LogP contribution in [0.15, 0.2) is 65.6 Å². The molecule has 0 radical (unpaired) electrons. The highest BCUT2D eigenvalue weighted by molar-refractivity contribution is 7.98. The van der Waals surface area contributed by atoms with E-state index in [4.69, 9.17) is 0 Å². The van der Waals surface area contributed by atoms with Gasteiger partial charge in [0.05, 0.1) is 22.5 Å². The molecule has 0 fully saturated rings. The van der Waals surface area contributed by atoms with Gasteiger partial charge in [0.2, 0.25) is 0 Å². The molecule has 5 nitrogen and oxygen atoms in total. The lowest BCUT2D eigenvalue weighted by Gasteiger charge is -2.17. The highest BCUT2D eigenvalue weighted by Crippen LogP contribution is 2.32. The molecule has 4 rings (SSSR count). The number of para-hydroxylation sites is 1. The summed E-state index contributed by atoms with van der Waals surface area (Å²) in [5.41, 5.74) is 3.94. The zero-order chi connectivity index (χ0) is 21.4. The van der Waals surface area contributed by atoms with Crippen LogP contribution in [0.1, 0.15) is 42.2 Å². The van der Waals surface area contributed by atoms with E-state index in [9.17, 15) is 14.4 Å². The minimum atomic E-state index is -0.414. The fourth-order valence-corrected chi connectivity index (χ4v) is 4.06. The van der Waals surface area contributed by atoms with Gasteiger partial charge in [-0.25, -0.2) is 4.90 Å². The van der Waals surface area contributed by atoms with E-state index < -0.39 is 5.91 Å². The van der Waals surface area contributed by atoms with E-state index in [1.54, 1.807) is 12.1 Å².